The first-order valence-corrected chi connectivity index (χ1v) is 11.5. The van der Waals surface area contributed by atoms with Gasteiger partial charge in [-0.05, 0) is 34.7 Å². The van der Waals surface area contributed by atoms with Crippen molar-refractivity contribution in [3.05, 3.63) is 66.9 Å². The fourth-order valence-corrected chi connectivity index (χ4v) is 3.34. The van der Waals surface area contributed by atoms with Gasteiger partial charge in [0.25, 0.3) is 0 Å². The summed E-state index contributed by atoms with van der Waals surface area (Å²) < 4.78 is 29.8. The van der Waals surface area contributed by atoms with Crippen molar-refractivity contribution >= 4 is 11.4 Å². The van der Waals surface area contributed by atoms with Crippen LogP contribution in [0, 0.1) is 16.9 Å². The molecule has 5 nitrogen and oxygen atoms in total. The first-order valence-electron chi connectivity index (χ1n) is 13.0. The van der Waals surface area contributed by atoms with Crippen LogP contribution >= 0.6 is 0 Å². The topological polar surface area (TPSA) is 65.8 Å². The van der Waals surface area contributed by atoms with E-state index in [1.807, 2.05) is 65.8 Å². The van der Waals surface area contributed by atoms with Crippen molar-refractivity contribution in [3.63, 3.8) is 0 Å². The minimum atomic E-state index is -2.34. The van der Waals surface area contributed by atoms with Crippen molar-refractivity contribution in [3.8, 4) is 22.8 Å². The molecule has 0 fully saturated rings. The normalized spacial score (nSPS) is 15.9. The Morgan fingerprint density at radius 1 is 0.943 bits per heavy atom. The van der Waals surface area contributed by atoms with Crippen LogP contribution in [0.4, 0.5) is 11.4 Å². The SMILES string of the molecule is CC(C)(C)C(O)CC(O)C(C)(C)C.[2H]C([2H])([2H])N1c2ccccc2Oc2c(-c3ccccn3)[c-]ccc21.[Ir]. The third-order valence-corrected chi connectivity index (χ3v) is 5.85. The number of anilines is 2. The number of hydrogen-bond acceptors (Lipinski definition) is 5. The van der Waals surface area contributed by atoms with E-state index in [1.165, 1.54) is 4.90 Å². The van der Waals surface area contributed by atoms with Crippen LogP contribution in [0.3, 0.4) is 0 Å². The quantitative estimate of drug-likeness (QED) is 0.311. The summed E-state index contributed by atoms with van der Waals surface area (Å²) in [7, 11) is 0. The largest absolute Gasteiger partial charge is 0.498 e. The first kappa shape index (κ1) is 24.5. The van der Waals surface area contributed by atoms with Crippen molar-refractivity contribution in [2.45, 2.75) is 60.2 Å². The van der Waals surface area contributed by atoms with Gasteiger partial charge in [-0.2, -0.15) is 0 Å². The minimum absolute atomic E-state index is 0. The van der Waals surface area contributed by atoms with Crippen molar-refractivity contribution in [1.82, 2.24) is 4.98 Å². The van der Waals surface area contributed by atoms with Crippen LogP contribution in [0.5, 0.6) is 11.5 Å². The van der Waals surface area contributed by atoms with Gasteiger partial charge in [0.2, 0.25) is 0 Å². The molecule has 2 heterocycles. The number of aliphatic hydroxyl groups is 2. The molecule has 2 atom stereocenters. The van der Waals surface area contributed by atoms with Crippen molar-refractivity contribution in [1.29, 1.82) is 0 Å². The Hall–Kier alpha value is -2.24. The zero-order chi connectivity index (χ0) is 27.6. The fourth-order valence-electron chi connectivity index (χ4n) is 3.34. The molecule has 0 spiro atoms. The van der Waals surface area contributed by atoms with Crippen LogP contribution in [0.15, 0.2) is 60.8 Å². The summed E-state index contributed by atoms with van der Waals surface area (Å²) in [6.45, 7) is 9.54. The second-order valence-corrected chi connectivity index (χ2v) is 10.7. The number of aliphatic hydroxyl groups excluding tert-OH is 2. The maximum absolute atomic E-state index is 9.76. The zero-order valence-electron chi connectivity index (χ0n) is 24.2. The average molecular weight is 657 g/mol. The molecule has 0 aliphatic carbocycles. The van der Waals surface area contributed by atoms with E-state index in [2.05, 4.69) is 11.1 Å². The van der Waals surface area contributed by atoms with E-state index in [9.17, 15) is 10.2 Å². The number of rotatable bonds is 3. The predicted molar refractivity (Wildman–Crippen MR) is 139 cm³/mol. The third-order valence-electron chi connectivity index (χ3n) is 5.85. The fraction of sp³-hybridized carbons (Fsp3) is 0.414. The molecule has 0 saturated heterocycles. The van der Waals surface area contributed by atoms with E-state index in [0.29, 0.717) is 40.6 Å². The second-order valence-electron chi connectivity index (χ2n) is 10.7. The van der Waals surface area contributed by atoms with Gasteiger partial charge in [0.15, 0.2) is 0 Å². The van der Waals surface area contributed by atoms with Crippen LogP contribution in [0.25, 0.3) is 11.3 Å². The Morgan fingerprint density at radius 3 is 2.14 bits per heavy atom. The predicted octanol–water partition coefficient (Wildman–Crippen LogP) is 6.61. The van der Waals surface area contributed by atoms with E-state index >= 15 is 0 Å². The van der Waals surface area contributed by atoms with Gasteiger partial charge >= 0.3 is 0 Å². The van der Waals surface area contributed by atoms with Gasteiger partial charge in [-0.1, -0.05) is 71.4 Å². The number of ether oxygens (including phenoxy) is 1. The Bertz CT molecular complexity index is 1170. The van der Waals surface area contributed by atoms with E-state index in [0.717, 1.165) is 0 Å². The summed E-state index contributed by atoms with van der Waals surface area (Å²) in [5, 5.41) is 19.5. The minimum Gasteiger partial charge on any atom is -0.498 e. The van der Waals surface area contributed by atoms with E-state index in [4.69, 9.17) is 8.85 Å². The smallest absolute Gasteiger partial charge is 0.138 e. The molecule has 2 unspecified atom stereocenters. The molecule has 2 N–H and O–H groups in total. The molecule has 1 aliphatic heterocycles. The number of nitrogens with zero attached hydrogens (tertiary/aromatic N) is 2. The van der Waals surface area contributed by atoms with E-state index < -0.39 is 19.2 Å². The van der Waals surface area contributed by atoms with Gasteiger partial charge in [-0.25, -0.2) is 0 Å². The van der Waals surface area contributed by atoms with Gasteiger partial charge < -0.3 is 24.8 Å². The summed E-state index contributed by atoms with van der Waals surface area (Å²) in [4.78, 5) is 5.65. The van der Waals surface area contributed by atoms with Crippen molar-refractivity contribution < 1.29 is 39.2 Å². The number of para-hydroxylation sites is 2. The summed E-state index contributed by atoms with van der Waals surface area (Å²) in [6.07, 6.45) is 1.25. The first-order chi connectivity index (χ1) is 17.1. The van der Waals surface area contributed by atoms with Gasteiger partial charge in [-0.3, -0.25) is 0 Å². The molecule has 0 bridgehead atoms. The van der Waals surface area contributed by atoms with E-state index in [-0.39, 0.29) is 30.9 Å². The zero-order valence-corrected chi connectivity index (χ0v) is 23.6. The second kappa shape index (κ2) is 11.7. The molecular formula is C29H37IrN2O3-. The molecule has 191 valence electrons. The average Bonchev–Trinajstić information content (AvgIpc) is 2.81. The van der Waals surface area contributed by atoms with Crippen LogP contribution in [0.1, 0.15) is 52.1 Å². The number of aromatic nitrogens is 1. The molecule has 1 aromatic heterocycles. The Balaban J connectivity index is 0.000000313. The molecule has 35 heavy (non-hydrogen) atoms. The van der Waals surface area contributed by atoms with Crippen molar-refractivity contribution in [2.75, 3.05) is 11.9 Å². The summed E-state index contributed by atoms with van der Waals surface area (Å²) >= 11 is 0. The van der Waals surface area contributed by atoms with Crippen molar-refractivity contribution in [2.24, 2.45) is 10.8 Å². The van der Waals surface area contributed by atoms with Gasteiger partial charge in [0, 0.05) is 49.5 Å². The number of benzene rings is 2. The number of hydrogen-bond donors (Lipinski definition) is 2. The summed E-state index contributed by atoms with van der Waals surface area (Å²) in [5.74, 6) is 0.948. The van der Waals surface area contributed by atoms with Gasteiger partial charge in [0.05, 0.1) is 23.6 Å². The maximum Gasteiger partial charge on any atom is 0.138 e. The molecule has 3 aromatic rings. The van der Waals surface area contributed by atoms with Gasteiger partial charge in [0.1, 0.15) is 5.75 Å². The van der Waals surface area contributed by atoms with Crippen LogP contribution < -0.4 is 9.64 Å². The summed E-state index contributed by atoms with van der Waals surface area (Å²) in [6, 6.07) is 19.1. The molecule has 1 radical (unpaired) electrons. The molecule has 4 rings (SSSR count). The molecule has 6 heteroatoms. The third kappa shape index (κ3) is 7.14. The van der Waals surface area contributed by atoms with Crippen LogP contribution in [0.2, 0.25) is 0 Å². The van der Waals surface area contributed by atoms with E-state index in [1.54, 1.807) is 36.5 Å². The standard InChI is InChI=1S/C18H13N2O.C11H24O2.Ir/c1-20-15-9-2-3-11-17(15)21-18-13(7-6-10-16(18)20)14-8-4-5-12-19-14;1-10(2,3)8(12)7-9(13)11(4,5)6;/h2-6,8-12H,1H3;8-9,12-13H,7H2,1-6H3;/q-1;;/i1D3;;. The monoisotopic (exact) mass is 657 g/mol. The molecule has 2 aromatic carbocycles. The summed E-state index contributed by atoms with van der Waals surface area (Å²) in [5.41, 5.74) is 2.02. The van der Waals surface area contributed by atoms with Crippen LogP contribution in [-0.4, -0.2) is 34.4 Å². The Labute approximate surface area is 227 Å². The van der Waals surface area contributed by atoms with Crippen LogP contribution in [-0.2, 0) is 20.1 Å². The Kier molecular flexibility index (Phi) is 8.15. The number of pyridine rings is 1. The molecule has 0 amide bonds. The molecule has 1 aliphatic rings. The number of fused-ring (bicyclic) bond motifs is 2. The van der Waals surface area contributed by atoms with Gasteiger partial charge in [-0.15, -0.1) is 18.2 Å². The Morgan fingerprint density at radius 2 is 1.57 bits per heavy atom. The molecule has 0 saturated carbocycles. The maximum atomic E-state index is 9.76. The molecular weight excluding hydrogens is 617 g/mol.